The van der Waals surface area contributed by atoms with E-state index in [0.29, 0.717) is 0 Å². The van der Waals surface area contributed by atoms with Crippen molar-refractivity contribution >= 4 is 10.9 Å². The van der Waals surface area contributed by atoms with Crippen molar-refractivity contribution in [2.75, 3.05) is 0 Å². The number of rotatable bonds is 3. The van der Waals surface area contributed by atoms with Crippen molar-refractivity contribution in [1.82, 2.24) is 14.5 Å². The molecule has 0 bridgehead atoms. The Kier molecular flexibility index (Phi) is 3.01. The average Bonchev–Trinajstić information content (AvgIpc) is 2.94. The molecule has 0 saturated carbocycles. The fraction of sp³-hybridized carbons (Fsp3) is 0.200. The molecule has 0 saturated heterocycles. The van der Waals surface area contributed by atoms with Gasteiger partial charge in [-0.2, -0.15) is 0 Å². The van der Waals surface area contributed by atoms with Gasteiger partial charge in [-0.25, -0.2) is 4.98 Å². The lowest BCUT2D eigenvalue weighted by atomic mass is 10.1. The van der Waals surface area contributed by atoms with Crippen molar-refractivity contribution in [1.29, 1.82) is 0 Å². The number of imidazole rings is 1. The second-order valence-electron chi connectivity index (χ2n) is 4.48. The Morgan fingerprint density at radius 2 is 2.05 bits per heavy atom. The smallest absolute Gasteiger partial charge is 0.131 e. The summed E-state index contributed by atoms with van der Waals surface area (Å²) < 4.78 is 2.04. The van der Waals surface area contributed by atoms with E-state index in [9.17, 15) is 0 Å². The monoisotopic (exact) mass is 252 g/mol. The third kappa shape index (κ3) is 2.11. The van der Waals surface area contributed by atoms with Crippen LogP contribution in [0.3, 0.4) is 0 Å². The van der Waals surface area contributed by atoms with Crippen LogP contribution in [0, 0.1) is 0 Å². The van der Waals surface area contributed by atoms with Crippen LogP contribution in [-0.2, 0) is 6.54 Å². The van der Waals surface area contributed by atoms with Gasteiger partial charge in [-0.15, -0.1) is 0 Å². The summed E-state index contributed by atoms with van der Waals surface area (Å²) in [6, 6.07) is 11.8. The molecule has 0 aliphatic rings. The van der Waals surface area contributed by atoms with E-state index in [1.165, 1.54) is 0 Å². The van der Waals surface area contributed by atoms with Gasteiger partial charge in [0.15, 0.2) is 0 Å². The molecule has 2 N–H and O–H groups in total. The summed E-state index contributed by atoms with van der Waals surface area (Å²) in [4.78, 5) is 8.97. The van der Waals surface area contributed by atoms with E-state index in [-0.39, 0.29) is 6.04 Å². The molecule has 2 aromatic heterocycles. The number of aromatic nitrogens is 3. The number of para-hydroxylation sites is 1. The van der Waals surface area contributed by atoms with Gasteiger partial charge in [0.25, 0.3) is 0 Å². The van der Waals surface area contributed by atoms with E-state index in [1.54, 1.807) is 6.20 Å². The van der Waals surface area contributed by atoms with Gasteiger partial charge in [-0.05, 0) is 19.1 Å². The van der Waals surface area contributed by atoms with Crippen molar-refractivity contribution < 1.29 is 0 Å². The molecule has 1 atom stereocenters. The minimum Gasteiger partial charge on any atom is -0.334 e. The first-order chi connectivity index (χ1) is 9.29. The maximum Gasteiger partial charge on any atom is 0.131 e. The van der Waals surface area contributed by atoms with Gasteiger partial charge in [-0.1, -0.05) is 24.3 Å². The van der Waals surface area contributed by atoms with Crippen LogP contribution >= 0.6 is 0 Å². The highest BCUT2D eigenvalue weighted by Crippen LogP contribution is 2.19. The number of hydrogen-bond donors (Lipinski definition) is 1. The van der Waals surface area contributed by atoms with Crippen LogP contribution in [0.2, 0.25) is 0 Å². The SMILES string of the molecule is CCn1ccnc1C(N)c1ccc2ccccc2n1. The third-order valence-corrected chi connectivity index (χ3v) is 3.31. The fourth-order valence-electron chi connectivity index (χ4n) is 2.25. The summed E-state index contributed by atoms with van der Waals surface area (Å²) in [5.74, 6) is 0.852. The predicted molar refractivity (Wildman–Crippen MR) is 75.7 cm³/mol. The van der Waals surface area contributed by atoms with Gasteiger partial charge in [0.2, 0.25) is 0 Å². The lowest BCUT2D eigenvalue weighted by Gasteiger charge is -2.13. The number of hydrogen-bond acceptors (Lipinski definition) is 3. The highest BCUT2D eigenvalue weighted by molar-refractivity contribution is 5.78. The zero-order valence-corrected chi connectivity index (χ0v) is 10.8. The average molecular weight is 252 g/mol. The molecule has 1 aromatic carbocycles. The number of aryl methyl sites for hydroxylation is 1. The van der Waals surface area contributed by atoms with Gasteiger partial charge in [0.05, 0.1) is 11.2 Å². The van der Waals surface area contributed by atoms with E-state index in [1.807, 2.05) is 41.1 Å². The van der Waals surface area contributed by atoms with E-state index in [2.05, 4.69) is 23.0 Å². The van der Waals surface area contributed by atoms with Crippen molar-refractivity contribution in [3.05, 3.63) is 60.3 Å². The summed E-state index contributed by atoms with van der Waals surface area (Å²) in [7, 11) is 0. The van der Waals surface area contributed by atoms with Crippen LogP contribution in [0.5, 0.6) is 0 Å². The fourth-order valence-corrected chi connectivity index (χ4v) is 2.25. The zero-order chi connectivity index (χ0) is 13.2. The Hall–Kier alpha value is -2.20. The molecule has 96 valence electrons. The third-order valence-electron chi connectivity index (χ3n) is 3.31. The second kappa shape index (κ2) is 4.82. The number of pyridine rings is 1. The Bertz CT molecular complexity index is 702. The van der Waals surface area contributed by atoms with Crippen molar-refractivity contribution in [2.45, 2.75) is 19.5 Å². The van der Waals surface area contributed by atoms with Gasteiger partial charge in [-0.3, -0.25) is 4.98 Å². The maximum atomic E-state index is 6.28. The minimum absolute atomic E-state index is 0.292. The van der Waals surface area contributed by atoms with Crippen LogP contribution in [0.15, 0.2) is 48.8 Å². The molecule has 3 aromatic rings. The molecule has 0 fully saturated rings. The number of benzene rings is 1. The molecule has 1 unspecified atom stereocenters. The topological polar surface area (TPSA) is 56.7 Å². The lowest BCUT2D eigenvalue weighted by Crippen LogP contribution is -2.18. The van der Waals surface area contributed by atoms with Crippen LogP contribution in [0.4, 0.5) is 0 Å². The molecule has 0 spiro atoms. The van der Waals surface area contributed by atoms with Gasteiger partial charge >= 0.3 is 0 Å². The largest absolute Gasteiger partial charge is 0.334 e. The molecule has 2 heterocycles. The molecular formula is C15H16N4. The summed E-state index contributed by atoms with van der Waals surface area (Å²) >= 11 is 0. The Labute approximate surface area is 111 Å². The molecule has 3 rings (SSSR count). The van der Waals surface area contributed by atoms with E-state index < -0.39 is 0 Å². The number of nitrogens with zero attached hydrogens (tertiary/aromatic N) is 3. The molecule has 0 radical (unpaired) electrons. The summed E-state index contributed by atoms with van der Waals surface area (Å²) in [5, 5.41) is 1.12. The van der Waals surface area contributed by atoms with Crippen molar-refractivity contribution in [2.24, 2.45) is 5.73 Å². The minimum atomic E-state index is -0.292. The summed E-state index contributed by atoms with van der Waals surface area (Å²) in [6.07, 6.45) is 3.72. The van der Waals surface area contributed by atoms with Gasteiger partial charge < -0.3 is 10.3 Å². The molecule has 4 nitrogen and oxygen atoms in total. The van der Waals surface area contributed by atoms with Gasteiger partial charge in [0, 0.05) is 24.3 Å². The van der Waals surface area contributed by atoms with E-state index in [4.69, 9.17) is 5.73 Å². The van der Waals surface area contributed by atoms with E-state index in [0.717, 1.165) is 29.0 Å². The highest BCUT2D eigenvalue weighted by atomic mass is 15.1. The van der Waals surface area contributed by atoms with Crippen molar-refractivity contribution in [3.63, 3.8) is 0 Å². The Morgan fingerprint density at radius 1 is 1.21 bits per heavy atom. The van der Waals surface area contributed by atoms with E-state index >= 15 is 0 Å². The molecule has 0 amide bonds. The van der Waals surface area contributed by atoms with Gasteiger partial charge in [0.1, 0.15) is 11.9 Å². The predicted octanol–water partition coefficient (Wildman–Crippen LogP) is 2.50. The van der Waals surface area contributed by atoms with Crippen LogP contribution in [0.25, 0.3) is 10.9 Å². The molecule has 4 heteroatoms. The lowest BCUT2D eigenvalue weighted by molar-refractivity contribution is 0.648. The Balaban J connectivity index is 2.04. The quantitative estimate of drug-likeness (QED) is 0.779. The zero-order valence-electron chi connectivity index (χ0n) is 10.8. The highest BCUT2D eigenvalue weighted by Gasteiger charge is 2.15. The molecule has 19 heavy (non-hydrogen) atoms. The normalized spacial score (nSPS) is 12.7. The number of fused-ring (bicyclic) bond motifs is 1. The first-order valence-electron chi connectivity index (χ1n) is 6.42. The molecular weight excluding hydrogens is 236 g/mol. The maximum absolute atomic E-state index is 6.28. The van der Waals surface area contributed by atoms with Crippen molar-refractivity contribution in [3.8, 4) is 0 Å². The second-order valence-corrected chi connectivity index (χ2v) is 4.48. The standard InChI is InChI=1S/C15H16N4/c1-2-19-10-9-17-15(19)14(16)13-8-7-11-5-3-4-6-12(11)18-13/h3-10,14H,2,16H2,1H3. The first-order valence-corrected chi connectivity index (χ1v) is 6.42. The molecule has 0 aliphatic heterocycles. The Morgan fingerprint density at radius 3 is 2.89 bits per heavy atom. The molecule has 0 aliphatic carbocycles. The summed E-state index contributed by atoms with van der Waals surface area (Å²) in [6.45, 7) is 2.93. The summed E-state index contributed by atoms with van der Waals surface area (Å²) in [5.41, 5.74) is 8.09. The number of nitrogens with two attached hydrogens (primary N) is 1. The first kappa shape index (κ1) is 11.9. The van der Waals surface area contributed by atoms with Crippen LogP contribution in [-0.4, -0.2) is 14.5 Å². The van der Waals surface area contributed by atoms with Crippen LogP contribution < -0.4 is 5.73 Å². The van der Waals surface area contributed by atoms with Crippen LogP contribution in [0.1, 0.15) is 24.5 Å².